The van der Waals surface area contributed by atoms with Crippen molar-refractivity contribution in [3.63, 3.8) is 0 Å². The van der Waals surface area contributed by atoms with E-state index in [1.165, 1.54) is 12.1 Å². The fourth-order valence-electron chi connectivity index (χ4n) is 3.97. The SMILES string of the molecule is NC(C[C@@H]1O[C@H](CO)[C@@H](O[C@H]2O[C@H](CO)[C@@H](O)[C@H](O)[C@H]2O)[C@H](O)[C@H]1O)c1ccc(O)cc1. The summed E-state index contributed by atoms with van der Waals surface area (Å²) in [5.41, 5.74) is 6.82. The molecule has 3 rings (SSSR count). The number of aliphatic hydroxyl groups excluding tert-OH is 7. The van der Waals surface area contributed by atoms with Crippen molar-refractivity contribution in [3.05, 3.63) is 29.8 Å². The van der Waals surface area contributed by atoms with Crippen molar-refractivity contribution in [3.8, 4) is 5.75 Å². The fourth-order valence-corrected chi connectivity index (χ4v) is 3.97. The minimum Gasteiger partial charge on any atom is -0.508 e. The highest BCUT2D eigenvalue weighted by atomic mass is 16.7. The van der Waals surface area contributed by atoms with Crippen molar-refractivity contribution in [2.45, 2.75) is 73.7 Å². The van der Waals surface area contributed by atoms with Crippen LogP contribution in [0, 0.1) is 0 Å². The number of nitrogens with two attached hydrogens (primary N) is 1. The zero-order chi connectivity index (χ0) is 23.6. The smallest absolute Gasteiger partial charge is 0.187 e. The van der Waals surface area contributed by atoms with Crippen LogP contribution in [0.4, 0.5) is 0 Å². The third-order valence-corrected chi connectivity index (χ3v) is 5.91. The molecule has 0 spiro atoms. The molecule has 0 aliphatic carbocycles. The quantitative estimate of drug-likeness (QED) is 0.193. The summed E-state index contributed by atoms with van der Waals surface area (Å²) in [5, 5.41) is 79.6. The Bertz CT molecular complexity index is 718. The second-order valence-corrected chi connectivity index (χ2v) is 8.11. The maximum Gasteiger partial charge on any atom is 0.187 e. The van der Waals surface area contributed by atoms with E-state index in [1.54, 1.807) is 12.1 Å². The first-order valence-electron chi connectivity index (χ1n) is 10.3. The van der Waals surface area contributed by atoms with Crippen molar-refractivity contribution < 1.29 is 55.1 Å². The van der Waals surface area contributed by atoms with E-state index in [4.69, 9.17) is 19.9 Å². The number of hydrogen-bond acceptors (Lipinski definition) is 12. The standard InChI is InChI=1S/C20H31NO11/c21-10(8-1-3-9(24)4-2-8)5-11-14(25)17(28)19(13(7-23)30-11)32-20-18(29)16(27)15(26)12(6-22)31-20/h1-4,10-20,22-29H,5-7,21H2/t10?,11-,12+,13+,14-,15+,16-,17+,18+,19+,20+/m0/s1. The first-order chi connectivity index (χ1) is 15.2. The maximum absolute atomic E-state index is 10.6. The summed E-state index contributed by atoms with van der Waals surface area (Å²) in [7, 11) is 0. The summed E-state index contributed by atoms with van der Waals surface area (Å²) < 4.78 is 16.5. The minimum absolute atomic E-state index is 0.0684. The van der Waals surface area contributed by atoms with Gasteiger partial charge in [0.2, 0.25) is 0 Å². The Morgan fingerprint density at radius 1 is 0.781 bits per heavy atom. The van der Waals surface area contributed by atoms with Gasteiger partial charge in [0, 0.05) is 6.04 Å². The van der Waals surface area contributed by atoms with Gasteiger partial charge in [-0.05, 0) is 24.1 Å². The van der Waals surface area contributed by atoms with E-state index in [2.05, 4.69) is 0 Å². The molecule has 0 aromatic heterocycles. The van der Waals surface area contributed by atoms with Gasteiger partial charge in [-0.1, -0.05) is 12.1 Å². The lowest BCUT2D eigenvalue weighted by Crippen LogP contribution is -2.64. The second-order valence-electron chi connectivity index (χ2n) is 8.11. The average Bonchev–Trinajstić information content (AvgIpc) is 2.79. The van der Waals surface area contributed by atoms with Gasteiger partial charge in [0.05, 0.1) is 19.3 Å². The van der Waals surface area contributed by atoms with E-state index >= 15 is 0 Å². The van der Waals surface area contributed by atoms with Crippen LogP contribution in [0.3, 0.4) is 0 Å². The summed E-state index contributed by atoms with van der Waals surface area (Å²) in [4.78, 5) is 0. The Labute approximate surface area is 184 Å². The first-order valence-corrected chi connectivity index (χ1v) is 10.3. The molecule has 2 heterocycles. The van der Waals surface area contributed by atoms with Gasteiger partial charge >= 0.3 is 0 Å². The Morgan fingerprint density at radius 2 is 1.38 bits per heavy atom. The van der Waals surface area contributed by atoms with Gasteiger partial charge in [-0.2, -0.15) is 0 Å². The molecule has 0 bridgehead atoms. The second kappa shape index (κ2) is 10.7. The van der Waals surface area contributed by atoms with Gasteiger partial charge in [0.15, 0.2) is 6.29 Å². The van der Waals surface area contributed by atoms with Crippen LogP contribution in [-0.2, 0) is 14.2 Å². The van der Waals surface area contributed by atoms with Crippen LogP contribution in [0.15, 0.2) is 24.3 Å². The minimum atomic E-state index is -1.72. The number of phenols is 1. The van der Waals surface area contributed by atoms with Crippen LogP contribution in [0.1, 0.15) is 18.0 Å². The fraction of sp³-hybridized carbons (Fsp3) is 0.700. The molecule has 10 N–H and O–H groups in total. The molecule has 11 atom stereocenters. The maximum atomic E-state index is 10.6. The zero-order valence-electron chi connectivity index (χ0n) is 17.2. The molecule has 2 saturated heterocycles. The molecule has 32 heavy (non-hydrogen) atoms. The van der Waals surface area contributed by atoms with Crippen LogP contribution in [-0.4, -0.2) is 115 Å². The average molecular weight is 461 g/mol. The van der Waals surface area contributed by atoms with E-state index in [1.807, 2.05) is 0 Å². The molecular formula is C20H31NO11. The summed E-state index contributed by atoms with van der Waals surface area (Å²) in [6.45, 7) is -1.28. The highest BCUT2D eigenvalue weighted by molar-refractivity contribution is 5.28. The number of phenolic OH excluding ortho intramolecular Hbond substituents is 1. The number of ether oxygens (including phenoxy) is 3. The molecule has 12 nitrogen and oxygen atoms in total. The van der Waals surface area contributed by atoms with E-state index in [0.29, 0.717) is 5.56 Å². The monoisotopic (exact) mass is 461 g/mol. The van der Waals surface area contributed by atoms with Gasteiger partial charge in [0.25, 0.3) is 0 Å². The number of hydrogen-bond donors (Lipinski definition) is 9. The molecule has 1 aromatic rings. The van der Waals surface area contributed by atoms with Crippen molar-refractivity contribution in [1.82, 2.24) is 0 Å². The molecule has 0 amide bonds. The van der Waals surface area contributed by atoms with E-state index in [0.717, 1.165) is 0 Å². The molecule has 0 saturated carbocycles. The molecule has 2 aliphatic rings. The number of benzene rings is 1. The lowest BCUT2D eigenvalue weighted by Gasteiger charge is -2.46. The molecule has 0 radical (unpaired) electrons. The largest absolute Gasteiger partial charge is 0.508 e. The van der Waals surface area contributed by atoms with Crippen LogP contribution in [0.25, 0.3) is 0 Å². The third kappa shape index (κ3) is 5.21. The Kier molecular flexibility index (Phi) is 8.41. The van der Waals surface area contributed by atoms with Crippen molar-refractivity contribution >= 4 is 0 Å². The zero-order valence-corrected chi connectivity index (χ0v) is 17.2. The highest BCUT2D eigenvalue weighted by Gasteiger charge is 2.50. The third-order valence-electron chi connectivity index (χ3n) is 5.91. The Hall–Kier alpha value is -1.42. The Morgan fingerprint density at radius 3 is 1.97 bits per heavy atom. The first kappa shape index (κ1) is 25.2. The molecule has 2 fully saturated rings. The summed E-state index contributed by atoms with van der Waals surface area (Å²) >= 11 is 0. The molecule has 1 aromatic carbocycles. The van der Waals surface area contributed by atoms with E-state index in [-0.39, 0.29) is 12.2 Å². The lowest BCUT2D eigenvalue weighted by molar-refractivity contribution is -0.342. The van der Waals surface area contributed by atoms with Gasteiger partial charge in [0.1, 0.15) is 54.6 Å². The molecular weight excluding hydrogens is 430 g/mol. The van der Waals surface area contributed by atoms with Gasteiger partial charge in [-0.15, -0.1) is 0 Å². The summed E-state index contributed by atoms with van der Waals surface area (Å²) in [6, 6.07) is 5.54. The molecule has 182 valence electrons. The normalized spacial score (nSPS) is 41.4. The molecule has 12 heteroatoms. The van der Waals surface area contributed by atoms with E-state index < -0.39 is 80.5 Å². The number of aliphatic hydroxyl groups is 7. The predicted octanol–water partition coefficient (Wildman–Crippen LogP) is -3.55. The topological polar surface area (TPSA) is 216 Å². The van der Waals surface area contributed by atoms with Crippen LogP contribution < -0.4 is 5.73 Å². The Balaban J connectivity index is 1.69. The summed E-state index contributed by atoms with van der Waals surface area (Å²) in [5.74, 6) is 0.0684. The molecule has 2 aliphatic heterocycles. The number of rotatable bonds is 7. The highest BCUT2D eigenvalue weighted by Crippen LogP contribution is 2.32. The number of aromatic hydroxyl groups is 1. The van der Waals surface area contributed by atoms with Crippen LogP contribution >= 0.6 is 0 Å². The molecule has 1 unspecified atom stereocenters. The predicted molar refractivity (Wildman–Crippen MR) is 106 cm³/mol. The van der Waals surface area contributed by atoms with Gasteiger partial charge < -0.3 is 60.8 Å². The van der Waals surface area contributed by atoms with Crippen LogP contribution in [0.2, 0.25) is 0 Å². The van der Waals surface area contributed by atoms with Gasteiger partial charge in [-0.25, -0.2) is 0 Å². The van der Waals surface area contributed by atoms with Crippen LogP contribution in [0.5, 0.6) is 5.75 Å². The van der Waals surface area contributed by atoms with E-state index in [9.17, 15) is 40.9 Å². The van der Waals surface area contributed by atoms with Gasteiger partial charge in [-0.3, -0.25) is 0 Å². The van der Waals surface area contributed by atoms with Crippen molar-refractivity contribution in [2.75, 3.05) is 13.2 Å². The van der Waals surface area contributed by atoms with Crippen molar-refractivity contribution in [1.29, 1.82) is 0 Å². The lowest BCUT2D eigenvalue weighted by atomic mass is 9.90. The van der Waals surface area contributed by atoms with Crippen molar-refractivity contribution in [2.24, 2.45) is 5.73 Å². The summed E-state index contributed by atoms with van der Waals surface area (Å²) in [6.07, 6.45) is -14.3.